The third-order valence-electron chi connectivity index (χ3n) is 3.17. The number of amides is 1. The Bertz CT molecular complexity index is 628. The first-order chi connectivity index (χ1) is 8.24. The molecule has 1 aliphatic heterocycles. The molecule has 0 aliphatic carbocycles. The average molecular weight is 247 g/mol. The molecule has 0 bridgehead atoms. The Kier molecular flexibility index (Phi) is 2.48. The molecule has 1 aromatic heterocycles. The van der Waals surface area contributed by atoms with Gasteiger partial charge in [0, 0.05) is 19.0 Å². The standard InChI is InChI=1S/C12H13N3OS/c16-11-6-5-8(13-11)7-15-10-4-2-1-3-9(10)14-12(15)17/h1-4,8H,5-7H2,(H,13,16)(H,14,17). The van der Waals surface area contributed by atoms with Crippen molar-refractivity contribution in [1.82, 2.24) is 14.9 Å². The van der Waals surface area contributed by atoms with Gasteiger partial charge in [-0.3, -0.25) is 4.79 Å². The highest BCUT2D eigenvalue weighted by atomic mass is 32.1. The lowest BCUT2D eigenvalue weighted by Crippen LogP contribution is -2.29. The van der Waals surface area contributed by atoms with E-state index in [1.54, 1.807) is 0 Å². The van der Waals surface area contributed by atoms with Gasteiger partial charge in [0.15, 0.2) is 4.77 Å². The molecule has 1 saturated heterocycles. The van der Waals surface area contributed by atoms with E-state index in [0.29, 0.717) is 11.2 Å². The molecule has 1 atom stereocenters. The van der Waals surface area contributed by atoms with Gasteiger partial charge in [-0.2, -0.15) is 0 Å². The summed E-state index contributed by atoms with van der Waals surface area (Å²) in [5.41, 5.74) is 2.14. The smallest absolute Gasteiger partial charge is 0.220 e. The predicted molar refractivity (Wildman–Crippen MR) is 68.3 cm³/mol. The fraction of sp³-hybridized carbons (Fsp3) is 0.333. The van der Waals surface area contributed by atoms with Crippen LogP contribution < -0.4 is 5.32 Å². The Morgan fingerprint density at radius 2 is 2.24 bits per heavy atom. The minimum absolute atomic E-state index is 0.140. The van der Waals surface area contributed by atoms with Crippen LogP contribution in [-0.4, -0.2) is 21.5 Å². The van der Waals surface area contributed by atoms with Gasteiger partial charge in [-0.25, -0.2) is 0 Å². The minimum atomic E-state index is 0.140. The molecule has 0 saturated carbocycles. The van der Waals surface area contributed by atoms with Gasteiger partial charge in [0.1, 0.15) is 0 Å². The summed E-state index contributed by atoms with van der Waals surface area (Å²) in [7, 11) is 0. The highest BCUT2D eigenvalue weighted by molar-refractivity contribution is 7.71. The molecule has 3 rings (SSSR count). The maximum absolute atomic E-state index is 11.2. The van der Waals surface area contributed by atoms with Gasteiger partial charge in [0.05, 0.1) is 11.0 Å². The van der Waals surface area contributed by atoms with E-state index in [-0.39, 0.29) is 11.9 Å². The molecular formula is C12H13N3OS. The van der Waals surface area contributed by atoms with Crippen LogP contribution in [0.1, 0.15) is 12.8 Å². The van der Waals surface area contributed by atoms with E-state index >= 15 is 0 Å². The number of imidazole rings is 1. The summed E-state index contributed by atoms with van der Waals surface area (Å²) >= 11 is 5.31. The second-order valence-corrected chi connectivity index (χ2v) is 4.75. The Morgan fingerprint density at radius 3 is 3.00 bits per heavy atom. The van der Waals surface area contributed by atoms with Gasteiger partial charge in [-0.1, -0.05) is 12.1 Å². The largest absolute Gasteiger partial charge is 0.352 e. The van der Waals surface area contributed by atoms with Crippen LogP contribution in [0.5, 0.6) is 0 Å². The van der Waals surface area contributed by atoms with Gasteiger partial charge < -0.3 is 14.9 Å². The lowest BCUT2D eigenvalue weighted by molar-refractivity contribution is -0.119. The van der Waals surface area contributed by atoms with Crippen molar-refractivity contribution in [3.05, 3.63) is 29.0 Å². The van der Waals surface area contributed by atoms with Crippen LogP contribution in [0.3, 0.4) is 0 Å². The number of nitrogens with one attached hydrogen (secondary N) is 2. The Hall–Kier alpha value is -1.62. The average Bonchev–Trinajstić information content (AvgIpc) is 2.85. The fourth-order valence-electron chi connectivity index (χ4n) is 2.32. The van der Waals surface area contributed by atoms with Crippen molar-refractivity contribution in [3.63, 3.8) is 0 Å². The Balaban J connectivity index is 1.97. The second kappa shape index (κ2) is 4.00. The number of hydrogen-bond acceptors (Lipinski definition) is 2. The zero-order chi connectivity index (χ0) is 11.8. The highest BCUT2D eigenvalue weighted by Gasteiger charge is 2.21. The maximum Gasteiger partial charge on any atom is 0.220 e. The Labute approximate surface area is 104 Å². The molecule has 1 aliphatic rings. The maximum atomic E-state index is 11.2. The number of rotatable bonds is 2. The number of benzene rings is 1. The number of H-pyrrole nitrogens is 1. The number of para-hydroxylation sites is 2. The molecule has 1 fully saturated rings. The molecule has 0 radical (unpaired) electrons. The molecular weight excluding hydrogens is 234 g/mol. The summed E-state index contributed by atoms with van der Waals surface area (Å²) < 4.78 is 2.77. The summed E-state index contributed by atoms with van der Waals surface area (Å²) in [4.78, 5) is 14.4. The quantitative estimate of drug-likeness (QED) is 0.797. The van der Waals surface area contributed by atoms with E-state index in [1.165, 1.54) is 0 Å². The first kappa shape index (κ1) is 10.5. The van der Waals surface area contributed by atoms with Crippen LogP contribution >= 0.6 is 12.2 Å². The van der Waals surface area contributed by atoms with E-state index in [1.807, 2.05) is 24.3 Å². The molecule has 2 heterocycles. The molecule has 1 aromatic carbocycles. The number of fused-ring (bicyclic) bond motifs is 1. The number of aromatic amines is 1. The summed E-state index contributed by atoms with van der Waals surface area (Å²) in [5.74, 6) is 0.140. The van der Waals surface area contributed by atoms with E-state index in [4.69, 9.17) is 12.2 Å². The van der Waals surface area contributed by atoms with Gasteiger partial charge in [0.2, 0.25) is 5.91 Å². The molecule has 1 unspecified atom stereocenters. The molecule has 1 amide bonds. The number of aromatic nitrogens is 2. The first-order valence-corrected chi connectivity index (χ1v) is 6.12. The fourth-order valence-corrected chi connectivity index (χ4v) is 2.61. The monoisotopic (exact) mass is 247 g/mol. The molecule has 4 nitrogen and oxygen atoms in total. The van der Waals surface area contributed by atoms with Crippen LogP contribution in [0.25, 0.3) is 11.0 Å². The summed E-state index contributed by atoms with van der Waals surface area (Å²) in [6.07, 6.45) is 1.51. The predicted octanol–water partition coefficient (Wildman–Crippen LogP) is 1.98. The van der Waals surface area contributed by atoms with Crippen LogP contribution in [0.2, 0.25) is 0 Å². The van der Waals surface area contributed by atoms with Crippen molar-refractivity contribution in [3.8, 4) is 0 Å². The third-order valence-corrected chi connectivity index (χ3v) is 3.49. The van der Waals surface area contributed by atoms with E-state index < -0.39 is 0 Å². The van der Waals surface area contributed by atoms with Gasteiger partial charge in [-0.15, -0.1) is 0 Å². The summed E-state index contributed by atoms with van der Waals surface area (Å²) in [6.45, 7) is 0.745. The van der Waals surface area contributed by atoms with Gasteiger partial charge in [-0.05, 0) is 30.8 Å². The van der Waals surface area contributed by atoms with E-state index in [9.17, 15) is 4.79 Å². The van der Waals surface area contributed by atoms with Crippen molar-refractivity contribution < 1.29 is 4.79 Å². The topological polar surface area (TPSA) is 49.8 Å². The van der Waals surface area contributed by atoms with Crippen molar-refractivity contribution in [2.45, 2.75) is 25.4 Å². The van der Waals surface area contributed by atoms with Crippen LogP contribution in [0, 0.1) is 4.77 Å². The molecule has 88 valence electrons. The minimum Gasteiger partial charge on any atom is -0.352 e. The lowest BCUT2D eigenvalue weighted by atomic mass is 10.2. The van der Waals surface area contributed by atoms with Crippen molar-refractivity contribution in [2.75, 3.05) is 0 Å². The molecule has 2 N–H and O–H groups in total. The van der Waals surface area contributed by atoms with E-state index in [0.717, 1.165) is 24.0 Å². The molecule has 17 heavy (non-hydrogen) atoms. The normalized spacial score (nSPS) is 19.8. The molecule has 0 spiro atoms. The number of carbonyl (C=O) groups excluding carboxylic acids is 1. The summed E-state index contributed by atoms with van der Waals surface area (Å²) in [6, 6.07) is 8.23. The lowest BCUT2D eigenvalue weighted by Gasteiger charge is -2.11. The van der Waals surface area contributed by atoms with Crippen LogP contribution in [-0.2, 0) is 11.3 Å². The first-order valence-electron chi connectivity index (χ1n) is 5.71. The van der Waals surface area contributed by atoms with E-state index in [2.05, 4.69) is 14.9 Å². The number of carbonyl (C=O) groups is 1. The van der Waals surface area contributed by atoms with Crippen LogP contribution in [0.15, 0.2) is 24.3 Å². The molecule has 2 aromatic rings. The van der Waals surface area contributed by atoms with Gasteiger partial charge >= 0.3 is 0 Å². The number of nitrogens with zero attached hydrogens (tertiary/aromatic N) is 1. The highest BCUT2D eigenvalue weighted by Crippen LogP contribution is 2.16. The SMILES string of the molecule is O=C1CCC(Cn2c(=S)[nH]c3ccccc32)N1. The zero-order valence-corrected chi connectivity index (χ0v) is 10.1. The van der Waals surface area contributed by atoms with Crippen LogP contribution in [0.4, 0.5) is 0 Å². The number of hydrogen-bond donors (Lipinski definition) is 2. The van der Waals surface area contributed by atoms with Crippen molar-refractivity contribution in [2.24, 2.45) is 0 Å². The van der Waals surface area contributed by atoms with Crippen molar-refractivity contribution >= 4 is 29.2 Å². The Morgan fingerprint density at radius 1 is 1.41 bits per heavy atom. The third kappa shape index (κ3) is 1.86. The van der Waals surface area contributed by atoms with Crippen molar-refractivity contribution in [1.29, 1.82) is 0 Å². The molecule has 5 heteroatoms. The second-order valence-electron chi connectivity index (χ2n) is 4.36. The summed E-state index contributed by atoms with van der Waals surface area (Å²) in [5, 5.41) is 2.96. The van der Waals surface area contributed by atoms with Gasteiger partial charge in [0.25, 0.3) is 0 Å². The zero-order valence-electron chi connectivity index (χ0n) is 9.27.